The zero-order chi connectivity index (χ0) is 32.1. The molecule has 2 aliphatic heterocycles. The Morgan fingerprint density at radius 1 is 1.05 bits per heavy atom. The standard InChI is InChI=1S/C30H37N3O11/c1-19(34)42-15-5-6-20-8-9-23(43-29-18-21(35)17-24(44-29)30(40)41)22(16-20)32-26(37)12-13-31-25(36)7-3-2-4-14-33-27(38)10-11-28(33)39/h5-6,8-11,16,21,24,29,35H,2-4,7,12-15,17-18H2,1H3,(H,31,36)(H,32,37)(H,40,41)/b6-5+. The van der Waals surface area contributed by atoms with Crippen molar-refractivity contribution in [3.8, 4) is 5.75 Å². The number of hydrogen-bond acceptors (Lipinski definition) is 10. The number of carboxylic acid groups (broad SMARTS) is 1. The predicted octanol–water partition coefficient (Wildman–Crippen LogP) is 1.52. The Morgan fingerprint density at radius 3 is 2.50 bits per heavy atom. The SMILES string of the molecule is CC(=O)OC/C=C/c1ccc(OC2CC(O)CC(C(=O)O)O2)c(NC(=O)CCNC(=O)CCCCCN2C(=O)C=CC2=O)c1. The molecule has 4 amide bonds. The van der Waals surface area contributed by atoms with Crippen LogP contribution in [0.3, 0.4) is 0 Å². The first-order chi connectivity index (χ1) is 21.0. The highest BCUT2D eigenvalue weighted by molar-refractivity contribution is 6.12. The number of imide groups is 1. The molecule has 3 atom stereocenters. The first-order valence-electron chi connectivity index (χ1n) is 14.3. The lowest BCUT2D eigenvalue weighted by atomic mass is 10.1. The number of anilines is 1. The van der Waals surface area contributed by atoms with Gasteiger partial charge in [-0.3, -0.25) is 28.9 Å². The molecule has 4 N–H and O–H groups in total. The fourth-order valence-electron chi connectivity index (χ4n) is 4.44. The minimum absolute atomic E-state index is 0.0267. The second-order valence-electron chi connectivity index (χ2n) is 10.2. The molecule has 2 heterocycles. The smallest absolute Gasteiger partial charge is 0.333 e. The lowest BCUT2D eigenvalue weighted by Crippen LogP contribution is -2.42. The number of unbranched alkanes of at least 4 members (excludes halogenated alkanes) is 2. The summed E-state index contributed by atoms with van der Waals surface area (Å²) in [6.45, 7) is 1.71. The molecule has 1 saturated heterocycles. The third-order valence-corrected chi connectivity index (χ3v) is 6.63. The molecular formula is C30H37N3O11. The monoisotopic (exact) mass is 615 g/mol. The van der Waals surface area contributed by atoms with Gasteiger partial charge in [0.25, 0.3) is 11.8 Å². The third-order valence-electron chi connectivity index (χ3n) is 6.63. The topological polar surface area (TPSA) is 198 Å². The number of aliphatic hydroxyl groups is 1. The minimum Gasteiger partial charge on any atom is -0.479 e. The van der Waals surface area contributed by atoms with Crippen LogP contribution >= 0.6 is 0 Å². The maximum absolute atomic E-state index is 12.7. The number of aliphatic carboxylic acids is 1. The zero-order valence-electron chi connectivity index (χ0n) is 24.4. The van der Waals surface area contributed by atoms with Gasteiger partial charge >= 0.3 is 11.9 Å². The molecule has 3 unspecified atom stereocenters. The van der Waals surface area contributed by atoms with Crippen molar-refractivity contribution >= 4 is 47.3 Å². The van der Waals surface area contributed by atoms with E-state index in [2.05, 4.69) is 10.6 Å². The molecule has 0 saturated carbocycles. The van der Waals surface area contributed by atoms with Gasteiger partial charge < -0.3 is 35.1 Å². The third kappa shape index (κ3) is 11.3. The second kappa shape index (κ2) is 16.9. The van der Waals surface area contributed by atoms with Crippen LogP contribution in [-0.2, 0) is 38.2 Å². The molecule has 0 radical (unpaired) electrons. The first kappa shape index (κ1) is 33.9. The molecule has 2 aliphatic rings. The molecular weight excluding hydrogens is 578 g/mol. The van der Waals surface area contributed by atoms with E-state index >= 15 is 0 Å². The number of hydrogen-bond donors (Lipinski definition) is 4. The van der Waals surface area contributed by atoms with E-state index in [0.29, 0.717) is 31.4 Å². The van der Waals surface area contributed by atoms with E-state index in [4.69, 9.17) is 14.2 Å². The van der Waals surface area contributed by atoms with Gasteiger partial charge in [-0.05, 0) is 36.6 Å². The lowest BCUT2D eigenvalue weighted by Gasteiger charge is -2.31. The van der Waals surface area contributed by atoms with Crippen molar-refractivity contribution in [2.45, 2.75) is 70.4 Å². The molecule has 1 fully saturated rings. The Hall–Kier alpha value is -4.56. The van der Waals surface area contributed by atoms with Gasteiger partial charge in [-0.1, -0.05) is 18.6 Å². The van der Waals surface area contributed by atoms with Gasteiger partial charge in [-0.2, -0.15) is 0 Å². The number of esters is 1. The summed E-state index contributed by atoms with van der Waals surface area (Å²) in [5.74, 6) is -2.82. The van der Waals surface area contributed by atoms with Crippen molar-refractivity contribution in [3.05, 3.63) is 42.0 Å². The maximum atomic E-state index is 12.7. The van der Waals surface area contributed by atoms with Gasteiger partial charge in [-0.25, -0.2) is 4.79 Å². The Morgan fingerprint density at radius 2 is 1.80 bits per heavy atom. The van der Waals surface area contributed by atoms with Crippen LogP contribution in [0.5, 0.6) is 5.75 Å². The number of carbonyl (C=O) groups is 6. The molecule has 238 valence electrons. The number of rotatable bonds is 16. The molecule has 44 heavy (non-hydrogen) atoms. The van der Waals surface area contributed by atoms with Crippen molar-refractivity contribution in [1.29, 1.82) is 0 Å². The van der Waals surface area contributed by atoms with Gasteiger partial charge in [0.2, 0.25) is 18.1 Å². The molecule has 14 heteroatoms. The summed E-state index contributed by atoms with van der Waals surface area (Å²) in [6.07, 6.45) is 4.38. The number of carbonyl (C=O) groups excluding carboxylic acids is 5. The Kier molecular flexibility index (Phi) is 13.0. The number of carboxylic acids is 1. The number of benzene rings is 1. The zero-order valence-corrected chi connectivity index (χ0v) is 24.4. The molecule has 1 aromatic carbocycles. The van der Waals surface area contributed by atoms with Crippen molar-refractivity contribution < 1.29 is 53.2 Å². The number of ether oxygens (including phenoxy) is 3. The van der Waals surface area contributed by atoms with E-state index in [1.807, 2.05) is 0 Å². The summed E-state index contributed by atoms with van der Waals surface area (Å²) < 4.78 is 16.2. The lowest BCUT2D eigenvalue weighted by molar-refractivity contribution is -0.195. The number of nitrogens with zero attached hydrogens (tertiary/aromatic N) is 1. The number of aliphatic hydroxyl groups excluding tert-OH is 1. The average molecular weight is 616 g/mol. The molecule has 0 aromatic heterocycles. The van der Waals surface area contributed by atoms with Gasteiger partial charge in [0.15, 0.2) is 6.10 Å². The normalized spacial score (nSPS) is 19.7. The maximum Gasteiger partial charge on any atom is 0.333 e. The van der Waals surface area contributed by atoms with Crippen LogP contribution < -0.4 is 15.4 Å². The number of amides is 4. The van der Waals surface area contributed by atoms with Crippen LogP contribution in [0.1, 0.15) is 57.4 Å². The summed E-state index contributed by atoms with van der Waals surface area (Å²) in [4.78, 5) is 71.6. The molecule has 0 aliphatic carbocycles. The fraction of sp³-hybridized carbons (Fsp3) is 0.467. The van der Waals surface area contributed by atoms with Crippen molar-refractivity contribution in [2.75, 3.05) is 25.0 Å². The highest BCUT2D eigenvalue weighted by atomic mass is 16.7. The van der Waals surface area contributed by atoms with Gasteiger partial charge in [-0.15, -0.1) is 0 Å². The predicted molar refractivity (Wildman–Crippen MR) is 155 cm³/mol. The highest BCUT2D eigenvalue weighted by Gasteiger charge is 2.34. The minimum atomic E-state index is -1.25. The fourth-order valence-corrected chi connectivity index (χ4v) is 4.44. The summed E-state index contributed by atoms with van der Waals surface area (Å²) in [7, 11) is 0. The first-order valence-corrected chi connectivity index (χ1v) is 14.3. The second-order valence-corrected chi connectivity index (χ2v) is 10.2. The van der Waals surface area contributed by atoms with Crippen LogP contribution in [0.4, 0.5) is 5.69 Å². The van der Waals surface area contributed by atoms with Gasteiger partial charge in [0, 0.05) is 57.8 Å². The van der Waals surface area contributed by atoms with Crippen molar-refractivity contribution in [1.82, 2.24) is 10.2 Å². The van der Waals surface area contributed by atoms with E-state index in [-0.39, 0.29) is 68.0 Å². The molecule has 14 nitrogen and oxygen atoms in total. The van der Waals surface area contributed by atoms with Crippen LogP contribution in [0.25, 0.3) is 6.08 Å². The van der Waals surface area contributed by atoms with E-state index in [1.54, 1.807) is 30.4 Å². The summed E-state index contributed by atoms with van der Waals surface area (Å²) in [5.41, 5.74) is 0.882. The average Bonchev–Trinajstić information content (AvgIpc) is 3.28. The molecule has 0 spiro atoms. The Bertz CT molecular complexity index is 1270. The summed E-state index contributed by atoms with van der Waals surface area (Å²) in [6, 6.07) is 4.82. The summed E-state index contributed by atoms with van der Waals surface area (Å²) >= 11 is 0. The molecule has 0 bridgehead atoms. The van der Waals surface area contributed by atoms with Crippen LogP contribution in [0, 0.1) is 0 Å². The van der Waals surface area contributed by atoms with Gasteiger partial charge in [0.05, 0.1) is 11.8 Å². The largest absolute Gasteiger partial charge is 0.479 e. The van der Waals surface area contributed by atoms with Gasteiger partial charge in [0.1, 0.15) is 12.4 Å². The van der Waals surface area contributed by atoms with Crippen molar-refractivity contribution in [3.63, 3.8) is 0 Å². The molecule has 1 aromatic rings. The van der Waals surface area contributed by atoms with E-state index in [9.17, 15) is 39.0 Å². The van der Waals surface area contributed by atoms with E-state index < -0.39 is 36.3 Å². The Labute approximate surface area is 254 Å². The van der Waals surface area contributed by atoms with Crippen molar-refractivity contribution in [2.24, 2.45) is 0 Å². The van der Waals surface area contributed by atoms with Crippen LogP contribution in [-0.4, -0.2) is 88.9 Å². The number of nitrogens with one attached hydrogen (secondary N) is 2. The Balaban J connectivity index is 1.50. The van der Waals surface area contributed by atoms with E-state index in [0.717, 1.165) is 4.90 Å². The van der Waals surface area contributed by atoms with Crippen LogP contribution in [0.2, 0.25) is 0 Å². The molecule has 3 rings (SSSR count). The quantitative estimate of drug-likeness (QED) is 0.119. The van der Waals surface area contributed by atoms with Crippen LogP contribution in [0.15, 0.2) is 36.4 Å². The van der Waals surface area contributed by atoms with E-state index in [1.165, 1.54) is 19.1 Å². The highest BCUT2D eigenvalue weighted by Crippen LogP contribution is 2.31. The summed E-state index contributed by atoms with van der Waals surface area (Å²) in [5, 5.41) is 24.8.